The first kappa shape index (κ1) is 16.1. The third-order valence-electron chi connectivity index (χ3n) is 3.49. The van der Waals surface area contributed by atoms with Crippen LogP contribution in [-0.2, 0) is 23.8 Å². The summed E-state index contributed by atoms with van der Waals surface area (Å²) in [7, 11) is 0. The monoisotopic (exact) mass is 272 g/mol. The maximum Gasteiger partial charge on any atom is 0.319 e. The van der Waals surface area contributed by atoms with Crippen LogP contribution in [0.25, 0.3) is 0 Å². The Balaban J connectivity index is 2.95. The molecule has 1 rings (SSSR count). The van der Waals surface area contributed by atoms with Gasteiger partial charge in [0.25, 0.3) is 0 Å². The molecule has 1 fully saturated rings. The minimum absolute atomic E-state index is 0.205. The quantitative estimate of drug-likeness (QED) is 0.544. The molecular formula is C14H24O5. The van der Waals surface area contributed by atoms with Gasteiger partial charge in [0.05, 0.1) is 6.61 Å². The number of carbonyl (C=O) groups is 2. The Kier molecular flexibility index (Phi) is 5.50. The molecule has 1 aliphatic rings. The van der Waals surface area contributed by atoms with E-state index in [1.807, 2.05) is 6.92 Å². The van der Waals surface area contributed by atoms with Crippen molar-refractivity contribution in [2.75, 3.05) is 26.4 Å². The zero-order valence-corrected chi connectivity index (χ0v) is 12.3. The highest BCUT2D eigenvalue weighted by atomic mass is 16.5. The summed E-state index contributed by atoms with van der Waals surface area (Å²) in [6.07, 6.45) is 0.977. The average Bonchev–Trinajstić information content (AvgIpc) is 2.39. The number of hydrogen-bond acceptors (Lipinski definition) is 5. The van der Waals surface area contributed by atoms with Gasteiger partial charge < -0.3 is 14.2 Å². The molecule has 0 saturated carbocycles. The highest BCUT2D eigenvalue weighted by molar-refractivity contribution is 6.07. The van der Waals surface area contributed by atoms with Gasteiger partial charge in [0.1, 0.15) is 11.0 Å². The predicted molar refractivity (Wildman–Crippen MR) is 69.8 cm³/mol. The highest BCUT2D eigenvalue weighted by Crippen LogP contribution is 2.35. The van der Waals surface area contributed by atoms with Gasteiger partial charge in [-0.3, -0.25) is 9.59 Å². The lowest BCUT2D eigenvalue weighted by atomic mass is 9.75. The van der Waals surface area contributed by atoms with Crippen LogP contribution in [-0.4, -0.2) is 43.8 Å². The first-order chi connectivity index (χ1) is 8.90. The zero-order valence-electron chi connectivity index (χ0n) is 12.3. The van der Waals surface area contributed by atoms with Gasteiger partial charge >= 0.3 is 5.97 Å². The molecule has 0 radical (unpaired) electrons. The second-order valence-electron chi connectivity index (χ2n) is 5.21. The molecule has 0 amide bonds. The van der Waals surface area contributed by atoms with Gasteiger partial charge in [-0.05, 0) is 27.7 Å². The summed E-state index contributed by atoms with van der Waals surface area (Å²) in [6, 6.07) is 0. The lowest BCUT2D eigenvalue weighted by Crippen LogP contribution is -2.54. The van der Waals surface area contributed by atoms with Crippen LogP contribution in [0.3, 0.4) is 0 Å². The van der Waals surface area contributed by atoms with Gasteiger partial charge in [0.15, 0.2) is 5.78 Å². The van der Waals surface area contributed by atoms with Crippen molar-refractivity contribution >= 4 is 11.8 Å². The standard InChI is InChI=1S/C14H24O5/c1-5-18-12(16)13(3,4)11(15)14(19-6-2)7-9-17-10-8-14/h5-10H2,1-4H3. The molecule has 0 atom stereocenters. The Morgan fingerprint density at radius 2 is 1.74 bits per heavy atom. The smallest absolute Gasteiger partial charge is 0.319 e. The molecule has 0 unspecified atom stereocenters. The summed E-state index contributed by atoms with van der Waals surface area (Å²) in [4.78, 5) is 24.7. The zero-order chi connectivity index (χ0) is 14.5. The number of Topliss-reactive ketones (excluding diaryl/α,β-unsaturated/α-hetero) is 1. The molecule has 0 bridgehead atoms. The molecule has 5 nitrogen and oxygen atoms in total. The summed E-state index contributed by atoms with van der Waals surface area (Å²) < 4.78 is 16.0. The van der Waals surface area contributed by atoms with Crippen LogP contribution in [0, 0.1) is 5.41 Å². The Labute approximate surface area is 114 Å². The molecule has 110 valence electrons. The van der Waals surface area contributed by atoms with Crippen LogP contribution in [0.4, 0.5) is 0 Å². The lowest BCUT2D eigenvalue weighted by Gasteiger charge is -2.39. The maximum atomic E-state index is 12.8. The first-order valence-corrected chi connectivity index (χ1v) is 6.84. The van der Waals surface area contributed by atoms with E-state index in [0.29, 0.717) is 32.7 Å². The highest BCUT2D eigenvalue weighted by Gasteiger charge is 2.51. The van der Waals surface area contributed by atoms with Crippen LogP contribution in [0.2, 0.25) is 0 Å². The SMILES string of the molecule is CCOC(=O)C(C)(C)C(=O)C1(OCC)CCOCC1. The van der Waals surface area contributed by atoms with Crippen LogP contribution in [0.1, 0.15) is 40.5 Å². The van der Waals surface area contributed by atoms with E-state index >= 15 is 0 Å². The molecule has 1 saturated heterocycles. The summed E-state index contributed by atoms with van der Waals surface area (Å²) >= 11 is 0. The second-order valence-corrected chi connectivity index (χ2v) is 5.21. The van der Waals surface area contributed by atoms with Crippen molar-refractivity contribution in [1.82, 2.24) is 0 Å². The molecule has 1 aliphatic heterocycles. The first-order valence-electron chi connectivity index (χ1n) is 6.84. The Morgan fingerprint density at radius 3 is 2.21 bits per heavy atom. The van der Waals surface area contributed by atoms with E-state index in [0.717, 1.165) is 0 Å². The van der Waals surface area contributed by atoms with E-state index in [2.05, 4.69) is 0 Å². The van der Waals surface area contributed by atoms with E-state index in [9.17, 15) is 9.59 Å². The molecule has 19 heavy (non-hydrogen) atoms. The Morgan fingerprint density at radius 1 is 1.16 bits per heavy atom. The summed E-state index contributed by atoms with van der Waals surface area (Å²) in [5.41, 5.74) is -2.11. The van der Waals surface area contributed by atoms with Crippen LogP contribution < -0.4 is 0 Å². The number of hydrogen-bond donors (Lipinski definition) is 0. The van der Waals surface area contributed by atoms with Gasteiger partial charge in [-0.1, -0.05) is 0 Å². The third kappa shape index (κ3) is 3.34. The number of ketones is 1. The molecule has 1 heterocycles. The lowest BCUT2D eigenvalue weighted by molar-refractivity contribution is -0.176. The van der Waals surface area contributed by atoms with Gasteiger partial charge in [0, 0.05) is 32.7 Å². The summed E-state index contributed by atoms with van der Waals surface area (Å²) in [5, 5.41) is 0. The van der Waals surface area contributed by atoms with Crippen molar-refractivity contribution in [3.05, 3.63) is 0 Å². The average molecular weight is 272 g/mol. The fourth-order valence-corrected chi connectivity index (χ4v) is 2.39. The Hall–Kier alpha value is -0.940. The normalized spacial score (nSPS) is 18.9. The van der Waals surface area contributed by atoms with E-state index in [1.165, 1.54) is 0 Å². The largest absolute Gasteiger partial charge is 0.465 e. The van der Waals surface area contributed by atoms with Crippen LogP contribution >= 0.6 is 0 Å². The van der Waals surface area contributed by atoms with Crippen molar-refractivity contribution in [3.63, 3.8) is 0 Å². The number of esters is 1. The minimum Gasteiger partial charge on any atom is -0.465 e. The van der Waals surface area contributed by atoms with Crippen molar-refractivity contribution in [2.45, 2.75) is 46.1 Å². The van der Waals surface area contributed by atoms with E-state index in [1.54, 1.807) is 20.8 Å². The molecule has 0 spiro atoms. The molecule has 0 aliphatic carbocycles. The molecule has 0 aromatic carbocycles. The van der Waals surface area contributed by atoms with Crippen molar-refractivity contribution in [1.29, 1.82) is 0 Å². The van der Waals surface area contributed by atoms with Gasteiger partial charge in [0.2, 0.25) is 0 Å². The predicted octanol–water partition coefficient (Wildman–Crippen LogP) is 1.73. The maximum absolute atomic E-state index is 12.8. The minimum atomic E-state index is -1.19. The number of rotatable bonds is 6. The number of ether oxygens (including phenoxy) is 3. The summed E-state index contributed by atoms with van der Waals surface area (Å²) in [6.45, 7) is 8.43. The summed E-state index contributed by atoms with van der Waals surface area (Å²) in [5.74, 6) is -0.700. The van der Waals surface area contributed by atoms with E-state index in [4.69, 9.17) is 14.2 Å². The van der Waals surface area contributed by atoms with Gasteiger partial charge in [-0.2, -0.15) is 0 Å². The topological polar surface area (TPSA) is 61.8 Å². The third-order valence-corrected chi connectivity index (χ3v) is 3.49. The van der Waals surface area contributed by atoms with Gasteiger partial charge in [-0.25, -0.2) is 0 Å². The number of carbonyl (C=O) groups excluding carboxylic acids is 2. The van der Waals surface area contributed by atoms with Crippen molar-refractivity contribution < 1.29 is 23.8 Å². The fourth-order valence-electron chi connectivity index (χ4n) is 2.39. The van der Waals surface area contributed by atoms with Crippen LogP contribution in [0.5, 0.6) is 0 Å². The van der Waals surface area contributed by atoms with Gasteiger partial charge in [-0.15, -0.1) is 0 Å². The molecule has 5 heteroatoms. The van der Waals surface area contributed by atoms with E-state index in [-0.39, 0.29) is 12.4 Å². The molecule has 0 N–H and O–H groups in total. The molecular weight excluding hydrogens is 248 g/mol. The Bertz CT molecular complexity index is 323. The van der Waals surface area contributed by atoms with Crippen LogP contribution in [0.15, 0.2) is 0 Å². The fraction of sp³-hybridized carbons (Fsp3) is 0.857. The molecule has 0 aromatic heterocycles. The van der Waals surface area contributed by atoms with E-state index < -0.39 is 17.0 Å². The van der Waals surface area contributed by atoms with Crippen molar-refractivity contribution in [2.24, 2.45) is 5.41 Å². The molecule has 0 aromatic rings. The van der Waals surface area contributed by atoms with Crippen molar-refractivity contribution in [3.8, 4) is 0 Å². The second kappa shape index (κ2) is 6.48.